The summed E-state index contributed by atoms with van der Waals surface area (Å²) in [5.74, 6) is 0.716. The van der Waals surface area contributed by atoms with Gasteiger partial charge in [0.15, 0.2) is 0 Å². The van der Waals surface area contributed by atoms with E-state index in [1.807, 2.05) is 13.0 Å². The third-order valence-corrected chi connectivity index (χ3v) is 2.84. The van der Waals surface area contributed by atoms with Crippen LogP contribution < -0.4 is 5.32 Å². The lowest BCUT2D eigenvalue weighted by atomic mass is 10.4. The molecule has 2 rings (SSSR count). The number of carbonyl (C=O) groups excluding carboxylic acids is 1. The van der Waals surface area contributed by atoms with Gasteiger partial charge in [-0.15, -0.1) is 5.10 Å². The molecule has 0 atom stereocenters. The SMILES string of the molecule is CCNCc1cn(CC(=O)N(C)Cc2ccco2)nn1. The molecule has 7 nitrogen and oxygen atoms in total. The van der Waals surface area contributed by atoms with E-state index >= 15 is 0 Å². The molecule has 0 saturated heterocycles. The predicted molar refractivity (Wildman–Crippen MR) is 72.6 cm³/mol. The molecule has 1 N–H and O–H groups in total. The van der Waals surface area contributed by atoms with E-state index in [-0.39, 0.29) is 12.5 Å². The number of carbonyl (C=O) groups is 1. The normalized spacial score (nSPS) is 10.7. The summed E-state index contributed by atoms with van der Waals surface area (Å²) in [6.45, 7) is 4.18. The van der Waals surface area contributed by atoms with Crippen molar-refractivity contribution >= 4 is 5.91 Å². The van der Waals surface area contributed by atoms with Gasteiger partial charge in [0.25, 0.3) is 0 Å². The van der Waals surface area contributed by atoms with E-state index < -0.39 is 0 Å². The van der Waals surface area contributed by atoms with Gasteiger partial charge in [0.2, 0.25) is 5.91 Å². The summed E-state index contributed by atoms with van der Waals surface area (Å²) >= 11 is 0. The van der Waals surface area contributed by atoms with Crippen LogP contribution in [0.1, 0.15) is 18.4 Å². The Kier molecular flexibility index (Phi) is 4.89. The number of rotatable bonds is 7. The van der Waals surface area contributed by atoms with Crippen molar-refractivity contribution in [2.24, 2.45) is 0 Å². The van der Waals surface area contributed by atoms with E-state index in [0.717, 1.165) is 18.0 Å². The lowest BCUT2D eigenvalue weighted by Gasteiger charge is -2.15. The summed E-state index contributed by atoms with van der Waals surface area (Å²) in [6.07, 6.45) is 3.37. The molecular formula is C13H19N5O2. The molecular weight excluding hydrogens is 258 g/mol. The molecule has 0 aliphatic carbocycles. The van der Waals surface area contributed by atoms with Crippen LogP contribution >= 0.6 is 0 Å². The van der Waals surface area contributed by atoms with Gasteiger partial charge in [0, 0.05) is 13.6 Å². The van der Waals surface area contributed by atoms with E-state index in [1.165, 1.54) is 0 Å². The molecule has 0 saturated carbocycles. The minimum atomic E-state index is -0.0405. The summed E-state index contributed by atoms with van der Waals surface area (Å²) in [5, 5.41) is 11.1. The van der Waals surface area contributed by atoms with Crippen molar-refractivity contribution < 1.29 is 9.21 Å². The van der Waals surface area contributed by atoms with E-state index in [0.29, 0.717) is 13.1 Å². The van der Waals surface area contributed by atoms with Crippen LogP contribution in [0.15, 0.2) is 29.0 Å². The minimum absolute atomic E-state index is 0.0405. The molecule has 20 heavy (non-hydrogen) atoms. The molecule has 0 spiro atoms. The summed E-state index contributed by atoms with van der Waals surface area (Å²) in [7, 11) is 1.74. The molecule has 108 valence electrons. The van der Waals surface area contributed by atoms with Gasteiger partial charge in [-0.2, -0.15) is 0 Å². The van der Waals surface area contributed by atoms with Gasteiger partial charge in [-0.3, -0.25) is 4.79 Å². The number of aromatic nitrogens is 3. The molecule has 1 amide bonds. The predicted octanol–water partition coefficient (Wildman–Crippen LogP) is 0.639. The van der Waals surface area contributed by atoms with E-state index in [1.54, 1.807) is 35.2 Å². The fourth-order valence-corrected chi connectivity index (χ4v) is 1.73. The van der Waals surface area contributed by atoms with Crippen LogP contribution in [0.5, 0.6) is 0 Å². The number of nitrogens with one attached hydrogen (secondary N) is 1. The van der Waals surface area contributed by atoms with Gasteiger partial charge in [-0.05, 0) is 18.7 Å². The Morgan fingerprint density at radius 2 is 2.40 bits per heavy atom. The number of nitrogens with zero attached hydrogens (tertiary/aromatic N) is 4. The third kappa shape index (κ3) is 3.92. The molecule has 2 aromatic heterocycles. The Bertz CT molecular complexity index is 535. The standard InChI is InChI=1S/C13H19N5O2/c1-3-14-7-11-8-18(16-15-11)10-13(19)17(2)9-12-5-4-6-20-12/h4-6,8,14H,3,7,9-10H2,1-2H3. The second kappa shape index (κ2) is 6.85. The van der Waals surface area contributed by atoms with Crippen molar-refractivity contribution in [1.82, 2.24) is 25.2 Å². The second-order valence-electron chi connectivity index (χ2n) is 4.52. The zero-order valence-corrected chi connectivity index (χ0v) is 11.7. The molecule has 0 aromatic carbocycles. The zero-order chi connectivity index (χ0) is 14.4. The summed E-state index contributed by atoms with van der Waals surface area (Å²) in [5.41, 5.74) is 0.827. The lowest BCUT2D eigenvalue weighted by molar-refractivity contribution is -0.131. The average Bonchev–Trinajstić information content (AvgIpc) is 3.08. The molecule has 2 aromatic rings. The Labute approximate surface area is 117 Å². The van der Waals surface area contributed by atoms with Crippen LogP contribution in [0.3, 0.4) is 0 Å². The first kappa shape index (κ1) is 14.3. The van der Waals surface area contributed by atoms with Gasteiger partial charge in [0.1, 0.15) is 12.3 Å². The molecule has 7 heteroatoms. The maximum Gasteiger partial charge on any atom is 0.244 e. The summed E-state index contributed by atoms with van der Waals surface area (Å²) < 4.78 is 6.77. The molecule has 0 unspecified atom stereocenters. The highest BCUT2D eigenvalue weighted by Crippen LogP contribution is 2.04. The third-order valence-electron chi connectivity index (χ3n) is 2.84. The molecule has 0 aliphatic heterocycles. The van der Waals surface area contributed by atoms with Crippen molar-refractivity contribution in [1.29, 1.82) is 0 Å². The number of hydrogen-bond donors (Lipinski definition) is 1. The maximum atomic E-state index is 12.0. The largest absolute Gasteiger partial charge is 0.467 e. The van der Waals surface area contributed by atoms with Crippen LogP contribution in [-0.4, -0.2) is 39.4 Å². The van der Waals surface area contributed by atoms with E-state index in [4.69, 9.17) is 4.42 Å². The lowest BCUT2D eigenvalue weighted by Crippen LogP contribution is -2.29. The first-order valence-electron chi connectivity index (χ1n) is 6.55. The van der Waals surface area contributed by atoms with Crippen LogP contribution in [-0.2, 0) is 24.4 Å². The monoisotopic (exact) mass is 277 g/mol. The van der Waals surface area contributed by atoms with E-state index in [9.17, 15) is 4.79 Å². The Balaban J connectivity index is 1.85. The van der Waals surface area contributed by atoms with Crippen molar-refractivity contribution in [2.75, 3.05) is 13.6 Å². The Hall–Kier alpha value is -2.15. The summed E-state index contributed by atoms with van der Waals surface area (Å²) in [4.78, 5) is 13.6. The second-order valence-corrected chi connectivity index (χ2v) is 4.52. The van der Waals surface area contributed by atoms with E-state index in [2.05, 4.69) is 15.6 Å². The highest BCUT2D eigenvalue weighted by atomic mass is 16.3. The van der Waals surface area contributed by atoms with Gasteiger partial charge in [-0.25, -0.2) is 4.68 Å². The number of hydrogen-bond acceptors (Lipinski definition) is 5. The van der Waals surface area contributed by atoms with Crippen molar-refractivity contribution in [3.8, 4) is 0 Å². The Morgan fingerprint density at radius 3 is 3.10 bits per heavy atom. The topological polar surface area (TPSA) is 76.2 Å². The average molecular weight is 277 g/mol. The summed E-state index contributed by atoms with van der Waals surface area (Å²) in [6, 6.07) is 3.64. The van der Waals surface area contributed by atoms with Gasteiger partial charge >= 0.3 is 0 Å². The number of amides is 1. The number of furan rings is 1. The van der Waals surface area contributed by atoms with Gasteiger partial charge < -0.3 is 14.6 Å². The minimum Gasteiger partial charge on any atom is -0.467 e. The fraction of sp³-hybridized carbons (Fsp3) is 0.462. The van der Waals surface area contributed by atoms with Crippen molar-refractivity contribution in [3.05, 3.63) is 36.0 Å². The fourth-order valence-electron chi connectivity index (χ4n) is 1.73. The van der Waals surface area contributed by atoms with Crippen LogP contribution in [0.2, 0.25) is 0 Å². The van der Waals surface area contributed by atoms with Crippen LogP contribution in [0, 0.1) is 0 Å². The molecule has 2 heterocycles. The van der Waals surface area contributed by atoms with Crippen molar-refractivity contribution in [2.45, 2.75) is 26.6 Å². The maximum absolute atomic E-state index is 12.0. The highest BCUT2D eigenvalue weighted by Gasteiger charge is 2.12. The molecule has 0 bridgehead atoms. The molecule has 0 aliphatic rings. The van der Waals surface area contributed by atoms with Gasteiger partial charge in [0.05, 0.1) is 24.7 Å². The van der Waals surface area contributed by atoms with Gasteiger partial charge in [-0.1, -0.05) is 12.1 Å². The highest BCUT2D eigenvalue weighted by molar-refractivity contribution is 5.75. The van der Waals surface area contributed by atoms with Crippen LogP contribution in [0.4, 0.5) is 0 Å². The zero-order valence-electron chi connectivity index (χ0n) is 11.7. The molecule has 0 fully saturated rings. The van der Waals surface area contributed by atoms with Crippen molar-refractivity contribution in [3.63, 3.8) is 0 Å². The first-order chi connectivity index (χ1) is 9.69. The first-order valence-corrected chi connectivity index (χ1v) is 6.55. The number of likely N-dealkylation sites (N-methyl/N-ethyl adjacent to an activating group) is 1. The Morgan fingerprint density at radius 1 is 1.55 bits per heavy atom. The quantitative estimate of drug-likeness (QED) is 0.803. The smallest absolute Gasteiger partial charge is 0.244 e. The van der Waals surface area contributed by atoms with Crippen LogP contribution in [0.25, 0.3) is 0 Å². The molecule has 0 radical (unpaired) electrons.